The molecule has 0 aromatic heterocycles. The molecule has 1 fully saturated rings. The van der Waals surface area contributed by atoms with Gasteiger partial charge in [-0.15, -0.1) is 0 Å². The van der Waals surface area contributed by atoms with Crippen molar-refractivity contribution in [3.8, 4) is 0 Å². The first-order chi connectivity index (χ1) is 8.63. The van der Waals surface area contributed by atoms with E-state index < -0.39 is 5.97 Å². The Morgan fingerprint density at radius 2 is 2.11 bits per heavy atom. The van der Waals surface area contributed by atoms with Gasteiger partial charge in [0, 0.05) is 30.7 Å². The normalized spacial score (nSPS) is 16.6. The van der Waals surface area contributed by atoms with Gasteiger partial charge in [0.25, 0.3) is 0 Å². The molecule has 0 amide bonds. The lowest BCUT2D eigenvalue weighted by Gasteiger charge is -2.28. The van der Waals surface area contributed by atoms with Gasteiger partial charge in [-0.1, -0.05) is 29.3 Å². The third-order valence-corrected chi connectivity index (χ3v) is 3.36. The van der Waals surface area contributed by atoms with Gasteiger partial charge >= 0.3 is 5.97 Å². The fourth-order valence-corrected chi connectivity index (χ4v) is 2.42. The molecule has 96 valence electrons. The van der Waals surface area contributed by atoms with Crippen molar-refractivity contribution >= 4 is 17.6 Å². The molecule has 0 aliphatic carbocycles. The highest BCUT2D eigenvalue weighted by Gasteiger charge is 2.14. The monoisotopic (exact) mass is 265 g/mol. The van der Waals surface area contributed by atoms with Crippen LogP contribution in [0.1, 0.15) is 18.4 Å². The lowest BCUT2D eigenvalue weighted by atomic mass is 10.0. The van der Waals surface area contributed by atoms with Crippen molar-refractivity contribution in [1.82, 2.24) is 4.90 Å². The van der Waals surface area contributed by atoms with Gasteiger partial charge in [0.1, 0.15) is 0 Å². The Bertz CT molecular complexity index is 461. The molecule has 1 aromatic rings. The van der Waals surface area contributed by atoms with Crippen LogP contribution in [0.3, 0.4) is 0 Å². The van der Waals surface area contributed by atoms with Gasteiger partial charge in [0.15, 0.2) is 0 Å². The van der Waals surface area contributed by atoms with E-state index in [1.54, 1.807) is 0 Å². The molecule has 1 aliphatic rings. The van der Waals surface area contributed by atoms with E-state index in [-0.39, 0.29) is 0 Å². The van der Waals surface area contributed by atoms with Crippen LogP contribution in [-0.4, -0.2) is 29.1 Å². The number of carboxylic acids is 1. The van der Waals surface area contributed by atoms with Crippen LogP contribution >= 0.6 is 11.6 Å². The average Bonchev–Trinajstić information content (AvgIpc) is 2.31. The van der Waals surface area contributed by atoms with Crippen LogP contribution in [0.15, 0.2) is 35.9 Å². The fraction of sp³-hybridized carbons (Fsp3) is 0.357. The first-order valence-electron chi connectivity index (χ1n) is 6.02. The van der Waals surface area contributed by atoms with Crippen LogP contribution in [0.4, 0.5) is 0 Å². The number of piperidine rings is 1. The van der Waals surface area contributed by atoms with Gasteiger partial charge < -0.3 is 5.11 Å². The SMILES string of the molecule is O=C(O)C=C1CCN(Cc2cccc(Cl)c2)CC1. The number of aliphatic carboxylic acids is 1. The smallest absolute Gasteiger partial charge is 0.328 e. The van der Waals surface area contributed by atoms with Crippen LogP contribution in [0.25, 0.3) is 0 Å². The number of likely N-dealkylation sites (tertiary alicyclic amines) is 1. The molecule has 2 rings (SSSR count). The van der Waals surface area contributed by atoms with E-state index in [1.807, 2.05) is 18.2 Å². The van der Waals surface area contributed by atoms with Crippen molar-refractivity contribution in [2.75, 3.05) is 13.1 Å². The summed E-state index contributed by atoms with van der Waals surface area (Å²) in [5.74, 6) is -0.840. The minimum atomic E-state index is -0.840. The third-order valence-electron chi connectivity index (χ3n) is 3.12. The summed E-state index contributed by atoms with van der Waals surface area (Å²) in [5.41, 5.74) is 2.23. The van der Waals surface area contributed by atoms with E-state index in [4.69, 9.17) is 16.7 Å². The second-order valence-corrected chi connectivity index (χ2v) is 4.98. The van der Waals surface area contributed by atoms with Crippen molar-refractivity contribution in [3.05, 3.63) is 46.5 Å². The molecule has 1 aromatic carbocycles. The standard InChI is InChI=1S/C14H16ClNO2/c15-13-3-1-2-12(8-13)10-16-6-4-11(5-7-16)9-14(17)18/h1-3,8-9H,4-7,10H2,(H,17,18). The van der Waals surface area contributed by atoms with E-state index in [1.165, 1.54) is 11.6 Å². The Hall–Kier alpha value is -1.32. The molecule has 0 radical (unpaired) electrons. The molecule has 0 unspecified atom stereocenters. The van der Waals surface area contributed by atoms with Crippen LogP contribution < -0.4 is 0 Å². The lowest BCUT2D eigenvalue weighted by molar-refractivity contribution is -0.131. The summed E-state index contributed by atoms with van der Waals surface area (Å²) in [6.45, 7) is 2.69. The second kappa shape index (κ2) is 6.03. The van der Waals surface area contributed by atoms with E-state index in [0.29, 0.717) is 0 Å². The molecule has 0 spiro atoms. The van der Waals surface area contributed by atoms with Gasteiger partial charge in [-0.3, -0.25) is 4.90 Å². The molecule has 0 bridgehead atoms. The molecule has 18 heavy (non-hydrogen) atoms. The van der Waals surface area contributed by atoms with Crippen molar-refractivity contribution in [3.63, 3.8) is 0 Å². The van der Waals surface area contributed by atoms with Gasteiger partial charge in [-0.2, -0.15) is 0 Å². The number of halogens is 1. The Kier molecular flexibility index (Phi) is 4.39. The van der Waals surface area contributed by atoms with Gasteiger partial charge in [0.05, 0.1) is 0 Å². The predicted octanol–water partition coefficient (Wildman–Crippen LogP) is 2.95. The largest absolute Gasteiger partial charge is 0.478 e. The zero-order valence-corrected chi connectivity index (χ0v) is 10.9. The Balaban J connectivity index is 1.89. The first-order valence-corrected chi connectivity index (χ1v) is 6.40. The van der Waals surface area contributed by atoms with Crippen LogP contribution in [0, 0.1) is 0 Å². The topological polar surface area (TPSA) is 40.5 Å². The van der Waals surface area contributed by atoms with Gasteiger partial charge in [0.2, 0.25) is 0 Å². The third kappa shape index (κ3) is 3.86. The highest BCUT2D eigenvalue weighted by Crippen LogP contribution is 2.19. The molecule has 0 atom stereocenters. The molecule has 0 saturated carbocycles. The molecule has 1 N–H and O–H groups in total. The van der Waals surface area contributed by atoms with Crippen molar-refractivity contribution < 1.29 is 9.90 Å². The maximum atomic E-state index is 10.6. The summed E-state index contributed by atoms with van der Waals surface area (Å²) < 4.78 is 0. The van der Waals surface area contributed by atoms with Crippen LogP contribution in [-0.2, 0) is 11.3 Å². The van der Waals surface area contributed by atoms with Gasteiger partial charge in [-0.05, 0) is 30.5 Å². The molecular weight excluding hydrogens is 250 g/mol. The Morgan fingerprint density at radius 1 is 1.39 bits per heavy atom. The minimum Gasteiger partial charge on any atom is -0.478 e. The summed E-state index contributed by atoms with van der Waals surface area (Å²) in [5, 5.41) is 9.45. The Morgan fingerprint density at radius 3 is 2.72 bits per heavy atom. The van der Waals surface area contributed by atoms with Crippen LogP contribution in [0.5, 0.6) is 0 Å². The maximum Gasteiger partial charge on any atom is 0.328 e. The Labute approximate surface area is 112 Å². The van der Waals surface area contributed by atoms with E-state index in [9.17, 15) is 4.79 Å². The number of nitrogens with zero attached hydrogens (tertiary/aromatic N) is 1. The molecule has 1 saturated heterocycles. The number of carboxylic acid groups (broad SMARTS) is 1. The summed E-state index contributed by atoms with van der Waals surface area (Å²) in [4.78, 5) is 12.9. The molecule has 3 nitrogen and oxygen atoms in total. The first kappa shape index (κ1) is 13.1. The number of hydrogen-bond acceptors (Lipinski definition) is 2. The summed E-state index contributed by atoms with van der Waals surface area (Å²) in [6.07, 6.45) is 3.02. The summed E-state index contributed by atoms with van der Waals surface area (Å²) in [6, 6.07) is 7.87. The molecule has 1 aliphatic heterocycles. The molecule has 1 heterocycles. The zero-order valence-electron chi connectivity index (χ0n) is 10.1. The number of hydrogen-bond donors (Lipinski definition) is 1. The average molecular weight is 266 g/mol. The number of rotatable bonds is 3. The minimum absolute atomic E-state index is 0.760. The summed E-state index contributed by atoms with van der Waals surface area (Å²) >= 11 is 5.95. The predicted molar refractivity (Wildman–Crippen MR) is 71.7 cm³/mol. The quantitative estimate of drug-likeness (QED) is 0.855. The zero-order chi connectivity index (χ0) is 13.0. The maximum absolute atomic E-state index is 10.6. The van der Waals surface area contributed by atoms with E-state index >= 15 is 0 Å². The van der Waals surface area contributed by atoms with Crippen LogP contribution in [0.2, 0.25) is 5.02 Å². The summed E-state index contributed by atoms with van der Waals surface area (Å²) in [7, 11) is 0. The van der Waals surface area contributed by atoms with E-state index in [2.05, 4.69) is 11.0 Å². The van der Waals surface area contributed by atoms with Gasteiger partial charge in [-0.25, -0.2) is 4.79 Å². The molecule has 4 heteroatoms. The fourth-order valence-electron chi connectivity index (χ4n) is 2.21. The van der Waals surface area contributed by atoms with E-state index in [0.717, 1.165) is 43.1 Å². The number of benzene rings is 1. The van der Waals surface area contributed by atoms with Crippen molar-refractivity contribution in [2.45, 2.75) is 19.4 Å². The van der Waals surface area contributed by atoms with Crippen molar-refractivity contribution in [1.29, 1.82) is 0 Å². The second-order valence-electron chi connectivity index (χ2n) is 4.55. The van der Waals surface area contributed by atoms with Crippen molar-refractivity contribution in [2.24, 2.45) is 0 Å². The lowest BCUT2D eigenvalue weighted by Crippen LogP contribution is -2.30. The highest BCUT2D eigenvalue weighted by atomic mass is 35.5. The highest BCUT2D eigenvalue weighted by molar-refractivity contribution is 6.30. The number of carbonyl (C=O) groups is 1. The molecular formula is C14H16ClNO2.